The van der Waals surface area contributed by atoms with Crippen molar-refractivity contribution in [3.63, 3.8) is 0 Å². The van der Waals surface area contributed by atoms with Crippen LogP contribution in [0.1, 0.15) is 39.0 Å². The summed E-state index contributed by atoms with van der Waals surface area (Å²) >= 11 is 0. The predicted molar refractivity (Wildman–Crippen MR) is 106 cm³/mol. The van der Waals surface area contributed by atoms with Gasteiger partial charge >= 0.3 is 11.9 Å². The maximum Gasteiger partial charge on any atom is 0.326 e. The molecule has 0 aromatic rings. The maximum absolute atomic E-state index is 12.5. The lowest BCUT2D eigenvalue weighted by atomic mass is 10.1. The van der Waals surface area contributed by atoms with Gasteiger partial charge in [0, 0.05) is 12.8 Å². The molecule has 0 saturated heterocycles. The lowest BCUT2D eigenvalue weighted by Crippen LogP contribution is -2.56. The molecule has 15 heteroatoms. The number of rotatable bonds is 15. The first-order chi connectivity index (χ1) is 14.7. The molecule has 0 fully saturated rings. The van der Waals surface area contributed by atoms with Crippen molar-refractivity contribution in [3.8, 4) is 0 Å². The number of carboxylic acids is 2. The number of hydrogen-bond donors (Lipinski definition) is 8. The summed E-state index contributed by atoms with van der Waals surface area (Å²) in [7, 11) is 0. The Hall–Kier alpha value is -3.75. The number of nitrogens with two attached hydrogens (primary N) is 3. The van der Waals surface area contributed by atoms with Gasteiger partial charge in [0.1, 0.15) is 18.1 Å². The molecule has 32 heavy (non-hydrogen) atoms. The Balaban J connectivity index is 5.14. The Morgan fingerprint density at radius 1 is 0.750 bits per heavy atom. The molecule has 180 valence electrons. The van der Waals surface area contributed by atoms with E-state index in [0.717, 1.165) is 0 Å². The van der Waals surface area contributed by atoms with Gasteiger partial charge in [-0.25, -0.2) is 4.79 Å². The lowest BCUT2D eigenvalue weighted by molar-refractivity contribution is -0.142. The molecule has 5 amide bonds. The van der Waals surface area contributed by atoms with Gasteiger partial charge in [0.25, 0.3) is 0 Å². The van der Waals surface area contributed by atoms with Gasteiger partial charge in [0.05, 0.1) is 12.5 Å². The molecule has 11 N–H and O–H groups in total. The first-order valence-electron chi connectivity index (χ1n) is 9.42. The van der Waals surface area contributed by atoms with Crippen LogP contribution in [0.3, 0.4) is 0 Å². The van der Waals surface area contributed by atoms with Crippen LogP contribution in [0, 0.1) is 0 Å². The van der Waals surface area contributed by atoms with Crippen molar-refractivity contribution >= 4 is 41.5 Å². The van der Waals surface area contributed by atoms with Crippen LogP contribution in [0.4, 0.5) is 0 Å². The number of carbonyl (C=O) groups excluding carboxylic acids is 5. The van der Waals surface area contributed by atoms with E-state index >= 15 is 0 Å². The van der Waals surface area contributed by atoms with Crippen molar-refractivity contribution in [2.45, 2.75) is 63.2 Å². The predicted octanol–water partition coefficient (Wildman–Crippen LogP) is -4.12. The van der Waals surface area contributed by atoms with Crippen molar-refractivity contribution in [3.05, 3.63) is 0 Å². The highest BCUT2D eigenvalue weighted by Gasteiger charge is 2.29. The second-order valence-corrected chi connectivity index (χ2v) is 6.91. The van der Waals surface area contributed by atoms with Gasteiger partial charge in [-0.05, 0) is 19.8 Å². The van der Waals surface area contributed by atoms with Crippen LogP contribution in [-0.2, 0) is 33.6 Å². The molecular formula is C17H28N6O9. The number of aliphatic carboxylic acids is 2. The van der Waals surface area contributed by atoms with Gasteiger partial charge in [-0.15, -0.1) is 0 Å². The summed E-state index contributed by atoms with van der Waals surface area (Å²) in [4.78, 5) is 80.5. The minimum Gasteiger partial charge on any atom is -0.481 e. The second-order valence-electron chi connectivity index (χ2n) is 6.91. The molecule has 4 unspecified atom stereocenters. The van der Waals surface area contributed by atoms with Crippen LogP contribution in [0.5, 0.6) is 0 Å². The minimum atomic E-state index is -1.44. The van der Waals surface area contributed by atoms with Crippen LogP contribution < -0.4 is 33.2 Å². The monoisotopic (exact) mass is 460 g/mol. The zero-order chi connectivity index (χ0) is 25.0. The summed E-state index contributed by atoms with van der Waals surface area (Å²) < 4.78 is 0. The summed E-state index contributed by atoms with van der Waals surface area (Å²) in [6.07, 6.45) is -1.96. The van der Waals surface area contributed by atoms with Crippen molar-refractivity contribution in [2.75, 3.05) is 0 Å². The summed E-state index contributed by atoms with van der Waals surface area (Å²) in [6, 6.07) is -5.53. The lowest BCUT2D eigenvalue weighted by Gasteiger charge is -2.23. The molecule has 0 aromatic carbocycles. The standard InChI is InChI=1S/C17H28N6O9/c1-7(14(28)23-10(17(31)32)2-4-11(19)24)21-16(30)9(3-5-13(26)27)22-15(29)8(18)6-12(20)25/h7-10H,2-6,18H2,1H3,(H2,19,24)(H2,20,25)(H,21,30)(H,22,29)(H,23,28)(H,26,27)(H,31,32). The topological polar surface area (TPSA) is 274 Å². The quantitative estimate of drug-likeness (QED) is 0.117. The number of carboxylic acid groups (broad SMARTS) is 2. The zero-order valence-corrected chi connectivity index (χ0v) is 17.3. The fourth-order valence-corrected chi connectivity index (χ4v) is 2.35. The first kappa shape index (κ1) is 28.2. The number of primary amides is 2. The molecule has 15 nitrogen and oxygen atoms in total. The maximum atomic E-state index is 12.5. The van der Waals surface area contributed by atoms with E-state index < -0.39 is 78.5 Å². The smallest absolute Gasteiger partial charge is 0.326 e. The fraction of sp³-hybridized carbons (Fsp3) is 0.588. The normalized spacial score (nSPS) is 14.2. The van der Waals surface area contributed by atoms with Crippen molar-refractivity contribution < 1.29 is 43.8 Å². The first-order valence-corrected chi connectivity index (χ1v) is 9.42. The third-order valence-corrected chi connectivity index (χ3v) is 4.08. The van der Waals surface area contributed by atoms with E-state index in [-0.39, 0.29) is 19.3 Å². The van der Waals surface area contributed by atoms with Gasteiger partial charge in [0.2, 0.25) is 29.5 Å². The Kier molecular flexibility index (Phi) is 11.9. The second kappa shape index (κ2) is 13.5. The molecule has 0 radical (unpaired) electrons. The summed E-state index contributed by atoms with van der Waals surface area (Å²) in [6.45, 7) is 1.22. The van der Waals surface area contributed by atoms with Gasteiger partial charge in [-0.1, -0.05) is 0 Å². The van der Waals surface area contributed by atoms with Gasteiger partial charge in [0.15, 0.2) is 0 Å². The fourth-order valence-electron chi connectivity index (χ4n) is 2.35. The van der Waals surface area contributed by atoms with E-state index in [0.29, 0.717) is 0 Å². The number of amides is 5. The van der Waals surface area contributed by atoms with Gasteiger partial charge in [-0.2, -0.15) is 0 Å². The van der Waals surface area contributed by atoms with Crippen molar-refractivity contribution in [1.29, 1.82) is 0 Å². The van der Waals surface area contributed by atoms with E-state index in [4.69, 9.17) is 27.4 Å². The average molecular weight is 460 g/mol. The van der Waals surface area contributed by atoms with Crippen LogP contribution in [0.2, 0.25) is 0 Å². The zero-order valence-electron chi connectivity index (χ0n) is 17.3. The highest BCUT2D eigenvalue weighted by Crippen LogP contribution is 2.02. The molecule has 0 rings (SSSR count). The molecule has 0 bridgehead atoms. The highest BCUT2D eigenvalue weighted by atomic mass is 16.4. The Morgan fingerprint density at radius 2 is 1.28 bits per heavy atom. The van der Waals surface area contributed by atoms with Crippen LogP contribution >= 0.6 is 0 Å². The van der Waals surface area contributed by atoms with Crippen molar-refractivity contribution in [1.82, 2.24) is 16.0 Å². The molecule has 0 spiro atoms. The van der Waals surface area contributed by atoms with E-state index in [1.807, 2.05) is 0 Å². The van der Waals surface area contributed by atoms with Gasteiger partial charge < -0.3 is 43.4 Å². The molecule has 0 aliphatic carbocycles. The Morgan fingerprint density at radius 3 is 1.75 bits per heavy atom. The van der Waals surface area contributed by atoms with Gasteiger partial charge in [-0.3, -0.25) is 28.8 Å². The Labute approximate surface area is 182 Å². The van der Waals surface area contributed by atoms with E-state index in [1.54, 1.807) is 0 Å². The largest absolute Gasteiger partial charge is 0.481 e. The summed E-state index contributed by atoms with van der Waals surface area (Å²) in [5.74, 6) is -7.12. The third kappa shape index (κ3) is 11.4. The molecule has 0 aliphatic rings. The van der Waals surface area contributed by atoms with E-state index in [2.05, 4.69) is 16.0 Å². The van der Waals surface area contributed by atoms with Crippen LogP contribution in [-0.4, -0.2) is 75.9 Å². The van der Waals surface area contributed by atoms with Crippen molar-refractivity contribution in [2.24, 2.45) is 17.2 Å². The third-order valence-electron chi connectivity index (χ3n) is 4.08. The average Bonchev–Trinajstić information content (AvgIpc) is 2.66. The SMILES string of the molecule is CC(NC(=O)C(CCC(=O)O)NC(=O)C(N)CC(N)=O)C(=O)NC(CCC(N)=O)C(=O)O. The number of nitrogens with one attached hydrogen (secondary N) is 3. The molecule has 0 aromatic heterocycles. The van der Waals surface area contributed by atoms with Crippen LogP contribution in [0.15, 0.2) is 0 Å². The number of carbonyl (C=O) groups is 7. The van der Waals surface area contributed by atoms with E-state index in [9.17, 15) is 33.6 Å². The molecule has 0 aliphatic heterocycles. The van der Waals surface area contributed by atoms with E-state index in [1.165, 1.54) is 6.92 Å². The minimum absolute atomic E-state index is 0.272. The molecular weight excluding hydrogens is 432 g/mol. The highest BCUT2D eigenvalue weighted by molar-refractivity contribution is 5.95. The van der Waals surface area contributed by atoms with Crippen LogP contribution in [0.25, 0.3) is 0 Å². The number of hydrogen-bond acceptors (Lipinski definition) is 8. The molecule has 0 heterocycles. The summed E-state index contributed by atoms with van der Waals surface area (Å²) in [5.41, 5.74) is 15.4. The summed E-state index contributed by atoms with van der Waals surface area (Å²) in [5, 5.41) is 24.5. The molecule has 4 atom stereocenters. The molecule has 0 saturated carbocycles. The Bertz CT molecular complexity index is 757.